The second kappa shape index (κ2) is 7.56. The minimum absolute atomic E-state index is 0.135. The molecule has 1 saturated heterocycles. The molecule has 2 aromatic heterocycles. The van der Waals surface area contributed by atoms with Crippen LogP contribution in [0, 0.1) is 0 Å². The molecule has 27 heavy (non-hydrogen) atoms. The van der Waals surface area contributed by atoms with Crippen molar-refractivity contribution in [3.05, 3.63) is 66.2 Å². The highest BCUT2D eigenvalue weighted by atomic mass is 16.5. The summed E-state index contributed by atoms with van der Waals surface area (Å²) in [6, 6.07) is 12.0. The number of benzene rings is 1. The predicted molar refractivity (Wildman–Crippen MR) is 97.1 cm³/mol. The van der Waals surface area contributed by atoms with E-state index < -0.39 is 6.04 Å². The van der Waals surface area contributed by atoms with Gasteiger partial charge in [0.1, 0.15) is 17.5 Å². The topological polar surface area (TPSA) is 112 Å². The average Bonchev–Trinajstić information content (AvgIpc) is 3.37. The van der Waals surface area contributed by atoms with E-state index in [-0.39, 0.29) is 24.2 Å². The number of phenols is 1. The van der Waals surface area contributed by atoms with Crippen molar-refractivity contribution in [3.8, 4) is 17.0 Å². The second-order valence-electron chi connectivity index (χ2n) is 6.33. The molecule has 0 bridgehead atoms. The van der Waals surface area contributed by atoms with E-state index >= 15 is 0 Å². The van der Waals surface area contributed by atoms with Gasteiger partial charge in [-0.2, -0.15) is 0 Å². The van der Waals surface area contributed by atoms with E-state index in [0.29, 0.717) is 17.9 Å². The van der Waals surface area contributed by atoms with Crippen LogP contribution in [0.25, 0.3) is 11.3 Å². The molecule has 1 fully saturated rings. The van der Waals surface area contributed by atoms with Gasteiger partial charge in [0.2, 0.25) is 5.91 Å². The lowest BCUT2D eigenvalue weighted by atomic mass is 10.0. The number of aromatic hydroxyl groups is 1. The Balaban J connectivity index is 1.33. The number of phenolic OH excluding ortho intramolecular Hbond substituents is 1. The van der Waals surface area contributed by atoms with Gasteiger partial charge in [-0.3, -0.25) is 9.78 Å². The number of rotatable bonds is 5. The van der Waals surface area contributed by atoms with Crippen molar-refractivity contribution in [3.63, 3.8) is 0 Å². The monoisotopic (exact) mass is 365 g/mol. The fraction of sp³-hybridized carbons (Fsp3) is 0.211. The Hall–Kier alpha value is -3.23. The van der Waals surface area contributed by atoms with Crippen molar-refractivity contribution in [2.45, 2.75) is 25.0 Å². The zero-order valence-corrected chi connectivity index (χ0v) is 14.4. The summed E-state index contributed by atoms with van der Waals surface area (Å²) in [7, 11) is 0. The quantitative estimate of drug-likeness (QED) is 0.544. The largest absolute Gasteiger partial charge is 0.508 e. The molecule has 0 aliphatic carbocycles. The molecule has 1 aliphatic heterocycles. The molecule has 0 saturated carbocycles. The Morgan fingerprint density at radius 2 is 2.15 bits per heavy atom. The summed E-state index contributed by atoms with van der Waals surface area (Å²) in [5, 5.41) is 16.8. The highest BCUT2D eigenvalue weighted by Crippen LogP contribution is 2.29. The molecular weight excluding hydrogens is 346 g/mol. The average molecular weight is 365 g/mol. The standard InChI is InChI=1S/C19H19N5O3/c25-18-6-2-1-5-14(18)16-9-17(23-22-16)19(26)21-11-13-8-15(24-27-13)12-4-3-7-20-10-12/h1-8,10,16-17,22-23,25H,9,11H2,(H,21,26). The van der Waals surface area contributed by atoms with Gasteiger partial charge in [-0.1, -0.05) is 23.4 Å². The summed E-state index contributed by atoms with van der Waals surface area (Å²) < 4.78 is 5.28. The maximum absolute atomic E-state index is 12.4. The molecule has 1 aromatic carbocycles. The third-order valence-electron chi connectivity index (χ3n) is 4.48. The SMILES string of the molecule is O=C(NCc1cc(-c2cccnc2)no1)C1CC(c2ccccc2O)NN1. The molecule has 4 rings (SSSR count). The van der Waals surface area contributed by atoms with Crippen molar-refractivity contribution >= 4 is 5.91 Å². The first-order valence-electron chi connectivity index (χ1n) is 8.63. The Kier molecular flexibility index (Phi) is 4.82. The van der Waals surface area contributed by atoms with E-state index in [4.69, 9.17) is 4.52 Å². The van der Waals surface area contributed by atoms with Crippen molar-refractivity contribution in [1.82, 2.24) is 26.3 Å². The first kappa shape index (κ1) is 17.2. The number of nitrogens with one attached hydrogen (secondary N) is 3. The van der Waals surface area contributed by atoms with Gasteiger partial charge < -0.3 is 14.9 Å². The normalized spacial score (nSPS) is 19.1. The number of para-hydroxylation sites is 1. The lowest BCUT2D eigenvalue weighted by molar-refractivity contribution is -0.123. The first-order chi connectivity index (χ1) is 13.2. The van der Waals surface area contributed by atoms with Crippen molar-refractivity contribution in [2.75, 3.05) is 0 Å². The summed E-state index contributed by atoms with van der Waals surface area (Å²) in [5.41, 5.74) is 8.31. The maximum atomic E-state index is 12.4. The van der Waals surface area contributed by atoms with Crippen LogP contribution in [0.5, 0.6) is 5.75 Å². The molecule has 2 atom stereocenters. The minimum Gasteiger partial charge on any atom is -0.508 e. The number of nitrogens with zero attached hydrogens (tertiary/aromatic N) is 2. The Morgan fingerprint density at radius 3 is 2.96 bits per heavy atom. The number of hydrogen-bond acceptors (Lipinski definition) is 7. The third-order valence-corrected chi connectivity index (χ3v) is 4.48. The van der Waals surface area contributed by atoms with Crippen LogP contribution in [0.4, 0.5) is 0 Å². The number of carbonyl (C=O) groups is 1. The second-order valence-corrected chi connectivity index (χ2v) is 6.33. The molecule has 4 N–H and O–H groups in total. The van der Waals surface area contributed by atoms with Gasteiger partial charge in [0.25, 0.3) is 0 Å². The predicted octanol–water partition coefficient (Wildman–Crippen LogP) is 1.67. The minimum atomic E-state index is -0.407. The third kappa shape index (κ3) is 3.81. The zero-order valence-electron chi connectivity index (χ0n) is 14.4. The number of carbonyl (C=O) groups excluding carboxylic acids is 1. The van der Waals surface area contributed by atoms with E-state index in [1.807, 2.05) is 24.3 Å². The number of hydrogen-bond donors (Lipinski definition) is 4. The summed E-state index contributed by atoms with van der Waals surface area (Å²) in [4.78, 5) is 16.5. The number of aromatic nitrogens is 2. The number of pyridine rings is 1. The Morgan fingerprint density at radius 1 is 1.26 bits per heavy atom. The molecular formula is C19H19N5O3. The molecule has 138 valence electrons. The number of hydrazine groups is 1. The summed E-state index contributed by atoms with van der Waals surface area (Å²) >= 11 is 0. The van der Waals surface area contributed by atoms with E-state index in [9.17, 15) is 9.90 Å². The van der Waals surface area contributed by atoms with Crippen molar-refractivity contribution < 1.29 is 14.4 Å². The molecule has 8 nitrogen and oxygen atoms in total. The van der Waals surface area contributed by atoms with Gasteiger partial charge in [0, 0.05) is 29.6 Å². The van der Waals surface area contributed by atoms with E-state index in [2.05, 4.69) is 26.3 Å². The molecule has 1 amide bonds. The van der Waals surface area contributed by atoms with Crippen LogP contribution in [0.1, 0.15) is 23.8 Å². The highest BCUT2D eigenvalue weighted by Gasteiger charge is 2.31. The van der Waals surface area contributed by atoms with Crippen LogP contribution in [-0.4, -0.2) is 27.2 Å². The van der Waals surface area contributed by atoms with E-state index in [1.165, 1.54) is 0 Å². The molecule has 3 aromatic rings. The Bertz CT molecular complexity index is 928. The van der Waals surface area contributed by atoms with Gasteiger partial charge in [0.05, 0.1) is 12.6 Å². The first-order valence-corrected chi connectivity index (χ1v) is 8.63. The zero-order chi connectivity index (χ0) is 18.6. The maximum Gasteiger partial charge on any atom is 0.238 e. The van der Waals surface area contributed by atoms with Gasteiger partial charge in [-0.05, 0) is 24.6 Å². The molecule has 2 unspecified atom stereocenters. The summed E-state index contributed by atoms with van der Waals surface area (Å²) in [5.74, 6) is 0.618. The van der Waals surface area contributed by atoms with Crippen molar-refractivity contribution in [1.29, 1.82) is 0 Å². The van der Waals surface area contributed by atoms with Gasteiger partial charge in [-0.15, -0.1) is 0 Å². The van der Waals surface area contributed by atoms with E-state index in [0.717, 1.165) is 11.1 Å². The lowest BCUT2D eigenvalue weighted by Crippen LogP contribution is -2.42. The van der Waals surface area contributed by atoms with Gasteiger partial charge >= 0.3 is 0 Å². The van der Waals surface area contributed by atoms with Crippen LogP contribution in [0.3, 0.4) is 0 Å². The van der Waals surface area contributed by atoms with Crippen LogP contribution in [0.15, 0.2) is 59.4 Å². The van der Waals surface area contributed by atoms with Crippen LogP contribution < -0.4 is 16.2 Å². The van der Waals surface area contributed by atoms with Crippen LogP contribution >= 0.6 is 0 Å². The number of amides is 1. The van der Waals surface area contributed by atoms with Gasteiger partial charge in [-0.25, -0.2) is 10.9 Å². The molecule has 1 aliphatic rings. The Labute approximate surface area is 155 Å². The fourth-order valence-corrected chi connectivity index (χ4v) is 3.06. The fourth-order valence-electron chi connectivity index (χ4n) is 3.06. The van der Waals surface area contributed by atoms with Crippen molar-refractivity contribution in [2.24, 2.45) is 0 Å². The van der Waals surface area contributed by atoms with Crippen LogP contribution in [0.2, 0.25) is 0 Å². The smallest absolute Gasteiger partial charge is 0.238 e. The lowest BCUT2D eigenvalue weighted by Gasteiger charge is -2.11. The summed E-state index contributed by atoms with van der Waals surface area (Å²) in [6.07, 6.45) is 3.92. The highest BCUT2D eigenvalue weighted by molar-refractivity contribution is 5.82. The summed E-state index contributed by atoms with van der Waals surface area (Å²) in [6.45, 7) is 0.242. The molecule has 8 heteroatoms. The molecule has 0 radical (unpaired) electrons. The molecule has 3 heterocycles. The van der Waals surface area contributed by atoms with E-state index in [1.54, 1.807) is 30.6 Å². The van der Waals surface area contributed by atoms with Gasteiger partial charge in [0.15, 0.2) is 5.76 Å². The van der Waals surface area contributed by atoms with Crippen LogP contribution in [-0.2, 0) is 11.3 Å². The molecule has 0 spiro atoms.